The van der Waals surface area contributed by atoms with Crippen molar-refractivity contribution in [3.63, 3.8) is 0 Å². The molecule has 8 nitrogen and oxygen atoms in total. The Labute approximate surface area is 104 Å². The molecular weight excluding hydrogens is 260 g/mol. The highest BCUT2D eigenvalue weighted by atomic mass is 32.2. The molecule has 0 aromatic carbocycles. The first kappa shape index (κ1) is 12.8. The van der Waals surface area contributed by atoms with Gasteiger partial charge in [0.1, 0.15) is 6.20 Å². The first-order chi connectivity index (χ1) is 8.37. The van der Waals surface area contributed by atoms with Crippen molar-refractivity contribution in [3.05, 3.63) is 16.3 Å². The maximum atomic E-state index is 11.5. The molecule has 18 heavy (non-hydrogen) atoms. The van der Waals surface area contributed by atoms with Crippen molar-refractivity contribution >= 4 is 21.3 Å². The Balaban J connectivity index is 2.16. The molecule has 2 rings (SSSR count). The maximum Gasteiger partial charge on any atom is 0.330 e. The van der Waals surface area contributed by atoms with Crippen LogP contribution in [0.3, 0.4) is 0 Å². The number of rotatable bonds is 3. The molecule has 0 aliphatic carbocycles. The second-order valence-electron chi connectivity index (χ2n) is 4.39. The largest absolute Gasteiger partial charge is 0.359 e. The van der Waals surface area contributed by atoms with E-state index >= 15 is 0 Å². The minimum Gasteiger partial charge on any atom is -0.359 e. The quantitative estimate of drug-likeness (QED) is 0.628. The summed E-state index contributed by atoms with van der Waals surface area (Å²) >= 11 is 0. The summed E-state index contributed by atoms with van der Waals surface area (Å²) in [5.74, 6) is 0.320. The summed E-state index contributed by atoms with van der Waals surface area (Å²) in [7, 11) is -1.47. The predicted molar refractivity (Wildman–Crippen MR) is 65.2 cm³/mol. The van der Waals surface area contributed by atoms with Crippen LogP contribution in [0.2, 0.25) is 0 Å². The molecule has 1 atom stereocenters. The number of aryl methyl sites for hydroxylation is 1. The molecule has 1 N–H and O–H groups in total. The van der Waals surface area contributed by atoms with Crippen molar-refractivity contribution in [3.8, 4) is 0 Å². The highest BCUT2D eigenvalue weighted by Gasteiger charge is 2.28. The summed E-state index contributed by atoms with van der Waals surface area (Å²) in [5, 5.41) is 17.6. The number of anilines is 1. The van der Waals surface area contributed by atoms with E-state index in [1.54, 1.807) is 7.05 Å². The number of aromatic nitrogens is 2. The van der Waals surface area contributed by atoms with Crippen LogP contribution in [0.1, 0.15) is 12.8 Å². The smallest absolute Gasteiger partial charge is 0.330 e. The fourth-order valence-corrected chi connectivity index (χ4v) is 3.68. The molecular formula is C9H14N4O4S. The summed E-state index contributed by atoms with van der Waals surface area (Å²) in [6.45, 7) is 0. The number of hydrogen-bond donors (Lipinski definition) is 1. The average Bonchev–Trinajstić information content (AvgIpc) is 2.58. The predicted octanol–water partition coefficient (Wildman–Crippen LogP) is 0.317. The molecule has 1 saturated heterocycles. The van der Waals surface area contributed by atoms with E-state index in [2.05, 4.69) is 10.4 Å². The van der Waals surface area contributed by atoms with E-state index in [0.717, 1.165) is 0 Å². The lowest BCUT2D eigenvalue weighted by Gasteiger charge is -2.22. The van der Waals surface area contributed by atoms with Crippen LogP contribution >= 0.6 is 0 Å². The lowest BCUT2D eigenvalue weighted by Crippen LogP contribution is -2.35. The first-order valence-corrected chi connectivity index (χ1v) is 7.34. The standard InChI is InChI=1S/C9H14N4O4S/c1-12-5-8(13(14)15)9(11-12)10-7-3-2-4-18(16,17)6-7/h5,7H,2-4,6H2,1H3,(H,10,11). The molecule has 100 valence electrons. The molecule has 1 aliphatic heterocycles. The zero-order chi connectivity index (χ0) is 13.3. The Kier molecular flexibility index (Phi) is 3.24. The lowest BCUT2D eigenvalue weighted by molar-refractivity contribution is -0.384. The van der Waals surface area contributed by atoms with Crippen LogP contribution in [0, 0.1) is 10.1 Å². The van der Waals surface area contributed by atoms with E-state index in [0.29, 0.717) is 12.8 Å². The zero-order valence-electron chi connectivity index (χ0n) is 9.87. The molecule has 0 spiro atoms. The van der Waals surface area contributed by atoms with E-state index in [4.69, 9.17) is 0 Å². The Morgan fingerprint density at radius 3 is 2.94 bits per heavy atom. The van der Waals surface area contributed by atoms with Gasteiger partial charge in [-0.15, -0.1) is 5.10 Å². The van der Waals surface area contributed by atoms with Crippen LogP contribution in [0.25, 0.3) is 0 Å². The van der Waals surface area contributed by atoms with Crippen molar-refractivity contribution in [1.82, 2.24) is 9.78 Å². The van der Waals surface area contributed by atoms with E-state index in [1.807, 2.05) is 0 Å². The minimum atomic E-state index is -3.05. The van der Waals surface area contributed by atoms with Gasteiger partial charge in [-0.2, -0.15) is 0 Å². The van der Waals surface area contributed by atoms with Crippen molar-refractivity contribution in [2.45, 2.75) is 18.9 Å². The molecule has 0 amide bonds. The van der Waals surface area contributed by atoms with Crippen molar-refractivity contribution < 1.29 is 13.3 Å². The van der Waals surface area contributed by atoms with E-state index in [-0.39, 0.29) is 29.1 Å². The third-order valence-electron chi connectivity index (χ3n) is 2.81. The van der Waals surface area contributed by atoms with Crippen LogP contribution in [-0.4, -0.2) is 40.7 Å². The molecule has 2 heterocycles. The number of hydrogen-bond acceptors (Lipinski definition) is 6. The van der Waals surface area contributed by atoms with Gasteiger partial charge in [0.15, 0.2) is 9.84 Å². The third kappa shape index (κ3) is 2.78. The highest BCUT2D eigenvalue weighted by molar-refractivity contribution is 7.91. The van der Waals surface area contributed by atoms with Gasteiger partial charge in [-0.05, 0) is 12.8 Å². The van der Waals surface area contributed by atoms with Gasteiger partial charge in [0.05, 0.1) is 16.4 Å². The summed E-state index contributed by atoms with van der Waals surface area (Å²) < 4.78 is 24.3. The monoisotopic (exact) mass is 274 g/mol. The lowest BCUT2D eigenvalue weighted by atomic mass is 10.2. The number of nitrogens with zero attached hydrogens (tertiary/aromatic N) is 3. The molecule has 1 unspecified atom stereocenters. The fraction of sp³-hybridized carbons (Fsp3) is 0.667. The zero-order valence-corrected chi connectivity index (χ0v) is 10.7. The van der Waals surface area contributed by atoms with Gasteiger partial charge in [-0.25, -0.2) is 8.42 Å². The van der Waals surface area contributed by atoms with Crippen LogP contribution < -0.4 is 5.32 Å². The molecule has 1 aromatic heterocycles. The van der Waals surface area contributed by atoms with E-state index in [1.165, 1.54) is 10.9 Å². The van der Waals surface area contributed by atoms with Crippen molar-refractivity contribution in [2.75, 3.05) is 16.8 Å². The summed E-state index contributed by atoms with van der Waals surface area (Å²) in [5.41, 5.74) is -0.138. The molecule has 0 saturated carbocycles. The van der Waals surface area contributed by atoms with Crippen LogP contribution in [0.5, 0.6) is 0 Å². The maximum absolute atomic E-state index is 11.5. The van der Waals surface area contributed by atoms with Crippen molar-refractivity contribution in [1.29, 1.82) is 0 Å². The van der Waals surface area contributed by atoms with E-state index in [9.17, 15) is 18.5 Å². The van der Waals surface area contributed by atoms with Crippen LogP contribution in [0.4, 0.5) is 11.5 Å². The Hall–Kier alpha value is -1.64. The van der Waals surface area contributed by atoms with Gasteiger partial charge in [0.2, 0.25) is 5.82 Å². The van der Waals surface area contributed by atoms with Gasteiger partial charge in [0, 0.05) is 13.1 Å². The molecule has 1 aromatic rings. The van der Waals surface area contributed by atoms with E-state index < -0.39 is 14.8 Å². The Bertz CT molecular complexity index is 565. The van der Waals surface area contributed by atoms with Gasteiger partial charge in [0.25, 0.3) is 0 Å². The number of nitro groups is 1. The SMILES string of the molecule is Cn1cc([N+](=O)[O-])c(NC2CCCS(=O)(=O)C2)n1. The van der Waals surface area contributed by atoms with Gasteiger partial charge in [-0.3, -0.25) is 14.8 Å². The third-order valence-corrected chi connectivity index (χ3v) is 4.63. The number of nitrogens with one attached hydrogen (secondary N) is 1. The second-order valence-corrected chi connectivity index (χ2v) is 6.62. The summed E-state index contributed by atoms with van der Waals surface area (Å²) in [6, 6.07) is -0.308. The van der Waals surface area contributed by atoms with Crippen LogP contribution in [-0.2, 0) is 16.9 Å². The molecule has 0 bridgehead atoms. The average molecular weight is 274 g/mol. The Morgan fingerprint density at radius 2 is 2.33 bits per heavy atom. The van der Waals surface area contributed by atoms with Crippen LogP contribution in [0.15, 0.2) is 6.20 Å². The number of sulfone groups is 1. The molecule has 1 aliphatic rings. The fourth-order valence-electron chi connectivity index (χ4n) is 2.04. The summed E-state index contributed by atoms with van der Waals surface area (Å²) in [4.78, 5) is 10.3. The van der Waals surface area contributed by atoms with Gasteiger partial charge < -0.3 is 5.32 Å². The molecule has 0 radical (unpaired) electrons. The first-order valence-electron chi connectivity index (χ1n) is 5.52. The minimum absolute atomic E-state index is 0.000723. The normalized spacial score (nSPS) is 22.6. The van der Waals surface area contributed by atoms with Gasteiger partial charge >= 0.3 is 5.69 Å². The summed E-state index contributed by atoms with van der Waals surface area (Å²) in [6.07, 6.45) is 2.53. The molecule has 1 fully saturated rings. The van der Waals surface area contributed by atoms with Crippen molar-refractivity contribution in [2.24, 2.45) is 7.05 Å². The topological polar surface area (TPSA) is 107 Å². The van der Waals surface area contributed by atoms with Gasteiger partial charge in [-0.1, -0.05) is 0 Å². The Morgan fingerprint density at radius 1 is 1.61 bits per heavy atom. The highest BCUT2D eigenvalue weighted by Crippen LogP contribution is 2.24. The second kappa shape index (κ2) is 4.56. The molecule has 9 heteroatoms.